The smallest absolute Gasteiger partial charge is 0.343 e. The highest BCUT2D eigenvalue weighted by atomic mass is 16.6. The van der Waals surface area contributed by atoms with Crippen LogP contribution in [0.15, 0.2) is 42.5 Å². The Hall–Kier alpha value is -3.22. The predicted octanol–water partition coefficient (Wildman–Crippen LogP) is 3.03. The van der Waals surface area contributed by atoms with Gasteiger partial charge in [0, 0.05) is 11.6 Å². The maximum absolute atomic E-state index is 12.1. The van der Waals surface area contributed by atoms with E-state index in [9.17, 15) is 19.7 Å². The largest absolute Gasteiger partial charge is 0.490 e. The molecule has 0 spiro atoms. The molecule has 7 nitrogen and oxygen atoms in total. The van der Waals surface area contributed by atoms with Gasteiger partial charge in [0.2, 0.25) is 0 Å². The molecule has 0 atom stereocenters. The Kier molecular flexibility index (Phi) is 4.70. The van der Waals surface area contributed by atoms with Gasteiger partial charge in [0.05, 0.1) is 17.6 Å². The zero-order valence-electron chi connectivity index (χ0n) is 12.4. The van der Waals surface area contributed by atoms with Crippen LogP contribution < -0.4 is 9.47 Å². The van der Waals surface area contributed by atoms with Gasteiger partial charge in [0.15, 0.2) is 11.5 Å². The molecule has 0 radical (unpaired) electrons. The number of methoxy groups -OCH3 is 1. The summed E-state index contributed by atoms with van der Waals surface area (Å²) in [5, 5.41) is 11.0. The molecule has 0 aromatic heterocycles. The fourth-order valence-electron chi connectivity index (χ4n) is 1.88. The lowest BCUT2D eigenvalue weighted by Crippen LogP contribution is -2.09. The van der Waals surface area contributed by atoms with E-state index < -0.39 is 10.9 Å². The first-order chi connectivity index (χ1) is 10.9. The molecule has 0 amide bonds. The number of esters is 1. The summed E-state index contributed by atoms with van der Waals surface area (Å²) in [5.41, 5.74) is 0.187. The zero-order chi connectivity index (χ0) is 17.0. The van der Waals surface area contributed by atoms with Crippen LogP contribution in [-0.2, 0) is 0 Å². The van der Waals surface area contributed by atoms with E-state index in [1.54, 1.807) is 0 Å². The summed E-state index contributed by atoms with van der Waals surface area (Å²) in [4.78, 5) is 33.5. The van der Waals surface area contributed by atoms with Crippen molar-refractivity contribution >= 4 is 17.4 Å². The number of nitro benzene ring substituents is 1. The van der Waals surface area contributed by atoms with Gasteiger partial charge in [-0.05, 0) is 43.3 Å². The Morgan fingerprint density at radius 3 is 2.17 bits per heavy atom. The summed E-state index contributed by atoms with van der Waals surface area (Å²) < 4.78 is 10.00. The summed E-state index contributed by atoms with van der Waals surface area (Å²) in [7, 11) is 1.30. The first-order valence-electron chi connectivity index (χ1n) is 6.58. The lowest BCUT2D eigenvalue weighted by Gasteiger charge is -2.06. The molecule has 0 aliphatic carbocycles. The second-order valence-electron chi connectivity index (χ2n) is 4.61. The van der Waals surface area contributed by atoms with E-state index in [2.05, 4.69) is 0 Å². The average Bonchev–Trinajstić information content (AvgIpc) is 2.54. The third-order valence-corrected chi connectivity index (χ3v) is 3.08. The van der Waals surface area contributed by atoms with Crippen molar-refractivity contribution in [2.75, 3.05) is 7.11 Å². The maximum Gasteiger partial charge on any atom is 0.343 e. The molecular weight excluding hydrogens is 302 g/mol. The van der Waals surface area contributed by atoms with Crippen LogP contribution in [0, 0.1) is 10.1 Å². The van der Waals surface area contributed by atoms with E-state index in [0.717, 1.165) is 6.07 Å². The highest BCUT2D eigenvalue weighted by Gasteiger charge is 2.19. The first-order valence-corrected chi connectivity index (χ1v) is 6.58. The second kappa shape index (κ2) is 6.69. The zero-order valence-corrected chi connectivity index (χ0v) is 12.4. The molecule has 0 bridgehead atoms. The second-order valence-corrected chi connectivity index (χ2v) is 4.61. The Bertz CT molecular complexity index is 767. The normalized spacial score (nSPS) is 10.0. The standard InChI is InChI=1S/C16H13NO6/c1-10(18)11-3-6-13(7-4-11)23-16(19)12-5-8-15(22-2)14(9-12)17(20)21/h3-9H,1-2H3. The number of ether oxygens (including phenoxy) is 2. The molecular formula is C16H13NO6. The molecule has 2 rings (SSSR count). The van der Waals surface area contributed by atoms with Crippen LogP contribution in [0.1, 0.15) is 27.6 Å². The quantitative estimate of drug-likeness (QED) is 0.277. The number of benzene rings is 2. The highest BCUT2D eigenvalue weighted by molar-refractivity contribution is 5.94. The van der Waals surface area contributed by atoms with E-state index in [1.165, 1.54) is 50.4 Å². The van der Waals surface area contributed by atoms with E-state index >= 15 is 0 Å². The fourth-order valence-corrected chi connectivity index (χ4v) is 1.88. The lowest BCUT2D eigenvalue weighted by molar-refractivity contribution is -0.385. The van der Waals surface area contributed by atoms with Crippen molar-refractivity contribution in [1.82, 2.24) is 0 Å². The molecule has 23 heavy (non-hydrogen) atoms. The minimum Gasteiger partial charge on any atom is -0.490 e. The molecule has 0 N–H and O–H groups in total. The van der Waals surface area contributed by atoms with Gasteiger partial charge in [0.25, 0.3) is 0 Å². The third-order valence-electron chi connectivity index (χ3n) is 3.08. The van der Waals surface area contributed by atoms with Crippen LogP contribution >= 0.6 is 0 Å². The molecule has 2 aromatic carbocycles. The van der Waals surface area contributed by atoms with Gasteiger partial charge in [-0.2, -0.15) is 0 Å². The highest BCUT2D eigenvalue weighted by Crippen LogP contribution is 2.28. The Labute approximate surface area is 131 Å². The number of nitrogens with zero attached hydrogens (tertiary/aromatic N) is 1. The molecule has 0 unspecified atom stereocenters. The minimum absolute atomic E-state index is 0.0214. The van der Waals surface area contributed by atoms with Gasteiger partial charge in [0.1, 0.15) is 5.75 Å². The van der Waals surface area contributed by atoms with Crippen molar-refractivity contribution in [3.8, 4) is 11.5 Å². The molecule has 2 aromatic rings. The predicted molar refractivity (Wildman–Crippen MR) is 81.1 cm³/mol. The van der Waals surface area contributed by atoms with Crippen LogP contribution in [0.4, 0.5) is 5.69 Å². The summed E-state index contributed by atoms with van der Waals surface area (Å²) in [5.74, 6) is -0.559. The van der Waals surface area contributed by atoms with E-state index in [0.29, 0.717) is 5.56 Å². The van der Waals surface area contributed by atoms with Gasteiger partial charge >= 0.3 is 11.7 Å². The number of hydrogen-bond acceptors (Lipinski definition) is 6. The van der Waals surface area contributed by atoms with E-state index in [4.69, 9.17) is 9.47 Å². The summed E-state index contributed by atoms with van der Waals surface area (Å²) >= 11 is 0. The monoisotopic (exact) mass is 315 g/mol. The molecule has 0 heterocycles. The molecule has 0 saturated heterocycles. The third kappa shape index (κ3) is 3.70. The number of Topliss-reactive ketones (excluding diaryl/α,β-unsaturated/α-hetero) is 1. The number of nitro groups is 1. The molecule has 0 saturated carbocycles. The van der Waals surface area contributed by atoms with Crippen LogP contribution in [0.5, 0.6) is 11.5 Å². The Balaban J connectivity index is 2.22. The SMILES string of the molecule is COc1ccc(C(=O)Oc2ccc(C(C)=O)cc2)cc1[N+](=O)[O-]. The number of hydrogen-bond donors (Lipinski definition) is 0. The number of carbonyl (C=O) groups is 2. The van der Waals surface area contributed by atoms with Gasteiger partial charge in [-0.25, -0.2) is 4.79 Å². The van der Waals surface area contributed by atoms with Crippen LogP contribution in [0.3, 0.4) is 0 Å². The molecule has 118 valence electrons. The first kappa shape index (κ1) is 16.2. The number of rotatable bonds is 5. The fraction of sp³-hybridized carbons (Fsp3) is 0.125. The molecule has 0 aliphatic rings. The molecule has 0 aliphatic heterocycles. The van der Waals surface area contributed by atoms with Gasteiger partial charge in [-0.15, -0.1) is 0 Å². The molecule has 7 heteroatoms. The average molecular weight is 315 g/mol. The number of carbonyl (C=O) groups excluding carboxylic acids is 2. The molecule has 0 fully saturated rings. The van der Waals surface area contributed by atoms with Crippen molar-refractivity contribution < 1.29 is 24.0 Å². The summed E-state index contributed by atoms with van der Waals surface area (Å²) in [6.45, 7) is 1.43. The summed E-state index contributed by atoms with van der Waals surface area (Å²) in [6.07, 6.45) is 0. The topological polar surface area (TPSA) is 95.7 Å². The Morgan fingerprint density at radius 2 is 1.65 bits per heavy atom. The Morgan fingerprint density at radius 1 is 1.04 bits per heavy atom. The van der Waals surface area contributed by atoms with Gasteiger partial charge in [-0.3, -0.25) is 14.9 Å². The lowest BCUT2D eigenvalue weighted by atomic mass is 10.1. The van der Waals surface area contributed by atoms with Crippen molar-refractivity contribution in [2.24, 2.45) is 0 Å². The van der Waals surface area contributed by atoms with Crippen LogP contribution in [0.25, 0.3) is 0 Å². The maximum atomic E-state index is 12.1. The van der Waals surface area contributed by atoms with E-state index in [1.807, 2.05) is 0 Å². The van der Waals surface area contributed by atoms with Crippen LogP contribution in [-0.4, -0.2) is 23.8 Å². The van der Waals surface area contributed by atoms with Crippen LogP contribution in [0.2, 0.25) is 0 Å². The van der Waals surface area contributed by atoms with Gasteiger partial charge in [-0.1, -0.05) is 0 Å². The van der Waals surface area contributed by atoms with E-state index in [-0.39, 0.29) is 28.5 Å². The van der Waals surface area contributed by atoms with Gasteiger partial charge < -0.3 is 9.47 Å². The van der Waals surface area contributed by atoms with Crippen molar-refractivity contribution in [1.29, 1.82) is 0 Å². The van der Waals surface area contributed by atoms with Crippen molar-refractivity contribution in [2.45, 2.75) is 6.92 Å². The van der Waals surface area contributed by atoms with Crippen molar-refractivity contribution in [3.05, 3.63) is 63.7 Å². The van der Waals surface area contributed by atoms with Crippen molar-refractivity contribution in [3.63, 3.8) is 0 Å². The summed E-state index contributed by atoms with van der Waals surface area (Å²) in [6, 6.07) is 9.80. The number of ketones is 1. The minimum atomic E-state index is -0.744.